The van der Waals surface area contributed by atoms with Crippen molar-refractivity contribution in [1.29, 1.82) is 0 Å². The maximum atomic E-state index is 12.5. The molecule has 0 radical (unpaired) electrons. The van der Waals surface area contributed by atoms with Gasteiger partial charge in [0.2, 0.25) is 5.91 Å². The first kappa shape index (κ1) is 17.5. The summed E-state index contributed by atoms with van der Waals surface area (Å²) in [6.07, 6.45) is 6.86. The number of nitrogens with zero attached hydrogens (tertiary/aromatic N) is 3. The van der Waals surface area contributed by atoms with E-state index < -0.39 is 0 Å². The lowest BCUT2D eigenvalue weighted by Gasteiger charge is -2.32. The summed E-state index contributed by atoms with van der Waals surface area (Å²) in [6.45, 7) is 1.61. The zero-order valence-corrected chi connectivity index (χ0v) is 15.3. The Labute approximate surface area is 159 Å². The number of carbonyl (C=O) groups is 1. The van der Waals surface area contributed by atoms with Crippen LogP contribution in [0.2, 0.25) is 0 Å². The van der Waals surface area contributed by atoms with E-state index in [1.54, 1.807) is 6.20 Å². The number of piperidine rings is 1. The van der Waals surface area contributed by atoms with Crippen LogP contribution in [0.5, 0.6) is 0 Å². The molecule has 5 nitrogen and oxygen atoms in total. The molecule has 138 valence electrons. The molecular formula is C22H24N4O. The first-order valence-electron chi connectivity index (χ1n) is 9.57. The first-order valence-corrected chi connectivity index (χ1v) is 9.57. The van der Waals surface area contributed by atoms with Gasteiger partial charge in [-0.25, -0.2) is 0 Å². The molecule has 0 aliphatic carbocycles. The molecule has 4 rings (SSSR count). The number of aromatic amines is 1. The second-order valence-electron chi connectivity index (χ2n) is 7.04. The van der Waals surface area contributed by atoms with E-state index in [0.717, 1.165) is 31.6 Å². The van der Waals surface area contributed by atoms with Gasteiger partial charge < -0.3 is 4.90 Å². The van der Waals surface area contributed by atoms with Crippen LogP contribution in [0.4, 0.5) is 0 Å². The minimum absolute atomic E-state index is 0.229. The molecular weight excluding hydrogens is 336 g/mol. The number of hydrogen-bond acceptors (Lipinski definition) is 3. The molecule has 3 heterocycles. The number of pyridine rings is 1. The summed E-state index contributed by atoms with van der Waals surface area (Å²) in [5, 5.41) is 7.48. The van der Waals surface area contributed by atoms with Gasteiger partial charge in [-0.15, -0.1) is 0 Å². The summed E-state index contributed by atoms with van der Waals surface area (Å²) in [7, 11) is 0. The van der Waals surface area contributed by atoms with Crippen molar-refractivity contribution in [2.75, 3.05) is 13.1 Å². The molecule has 3 aromatic rings. The molecule has 5 heteroatoms. The lowest BCUT2D eigenvalue weighted by Crippen LogP contribution is -2.38. The first-order chi connectivity index (χ1) is 13.3. The predicted molar refractivity (Wildman–Crippen MR) is 105 cm³/mol. The van der Waals surface area contributed by atoms with Crippen LogP contribution in [0.25, 0.3) is 11.1 Å². The highest BCUT2D eigenvalue weighted by molar-refractivity contribution is 5.76. The summed E-state index contributed by atoms with van der Waals surface area (Å²) in [5.41, 5.74) is 4.54. The fraction of sp³-hybridized carbons (Fsp3) is 0.318. The minimum Gasteiger partial charge on any atom is -0.343 e. The van der Waals surface area contributed by atoms with E-state index in [4.69, 9.17) is 0 Å². The fourth-order valence-electron chi connectivity index (χ4n) is 3.81. The molecule has 0 saturated carbocycles. The van der Waals surface area contributed by atoms with Gasteiger partial charge in [0.05, 0.1) is 6.20 Å². The average molecular weight is 360 g/mol. The monoisotopic (exact) mass is 360 g/mol. The average Bonchev–Trinajstić information content (AvgIpc) is 3.23. The molecule has 1 aliphatic heterocycles. The topological polar surface area (TPSA) is 61.9 Å². The maximum absolute atomic E-state index is 12.5. The van der Waals surface area contributed by atoms with Gasteiger partial charge in [-0.3, -0.25) is 14.9 Å². The van der Waals surface area contributed by atoms with E-state index in [0.29, 0.717) is 18.8 Å². The van der Waals surface area contributed by atoms with Crippen molar-refractivity contribution in [3.8, 4) is 11.1 Å². The number of aromatic nitrogens is 3. The van der Waals surface area contributed by atoms with Crippen LogP contribution in [-0.2, 0) is 11.2 Å². The molecule has 0 bridgehead atoms. The van der Waals surface area contributed by atoms with Crippen LogP contribution in [0, 0.1) is 0 Å². The molecule has 0 spiro atoms. The van der Waals surface area contributed by atoms with Gasteiger partial charge in [-0.2, -0.15) is 5.10 Å². The third-order valence-electron chi connectivity index (χ3n) is 5.33. The molecule has 0 unspecified atom stereocenters. The van der Waals surface area contributed by atoms with Gasteiger partial charge in [0.25, 0.3) is 0 Å². The molecule has 1 aromatic carbocycles. The van der Waals surface area contributed by atoms with Gasteiger partial charge in [0, 0.05) is 48.6 Å². The number of aryl methyl sites for hydroxylation is 1. The third kappa shape index (κ3) is 4.08. The van der Waals surface area contributed by atoms with Gasteiger partial charge in [0.15, 0.2) is 0 Å². The summed E-state index contributed by atoms with van der Waals surface area (Å²) in [4.78, 5) is 18.8. The Morgan fingerprint density at radius 2 is 1.85 bits per heavy atom. The number of likely N-dealkylation sites (tertiary alicyclic amines) is 1. The number of rotatable bonds is 5. The summed E-state index contributed by atoms with van der Waals surface area (Å²) >= 11 is 0. The van der Waals surface area contributed by atoms with Crippen molar-refractivity contribution in [3.05, 3.63) is 72.3 Å². The SMILES string of the molecule is O=C(CCc1ccccn1)N1CCC(c2[nH]ncc2-c2ccccc2)CC1. The van der Waals surface area contributed by atoms with Crippen LogP contribution in [0.15, 0.2) is 60.9 Å². The zero-order chi connectivity index (χ0) is 18.5. The second-order valence-corrected chi connectivity index (χ2v) is 7.04. The Bertz CT molecular complexity index is 868. The standard InChI is InChI=1S/C22H24N4O/c27-21(10-9-19-8-4-5-13-23-19)26-14-11-18(12-15-26)22-20(16-24-25-22)17-6-2-1-3-7-17/h1-8,13,16,18H,9-12,14-15H2,(H,24,25). The van der Waals surface area contributed by atoms with Gasteiger partial charge in [0.1, 0.15) is 0 Å². The molecule has 1 saturated heterocycles. The van der Waals surface area contributed by atoms with Crippen LogP contribution in [-0.4, -0.2) is 39.1 Å². The molecule has 2 aromatic heterocycles. The second kappa shape index (κ2) is 8.16. The number of nitrogens with one attached hydrogen (secondary N) is 1. The van der Waals surface area contributed by atoms with Crippen LogP contribution >= 0.6 is 0 Å². The van der Waals surface area contributed by atoms with Crippen LogP contribution in [0.3, 0.4) is 0 Å². The Hall–Kier alpha value is -2.95. The number of benzene rings is 1. The largest absolute Gasteiger partial charge is 0.343 e. The van der Waals surface area contributed by atoms with E-state index in [2.05, 4.69) is 39.4 Å². The van der Waals surface area contributed by atoms with Crippen molar-refractivity contribution < 1.29 is 4.79 Å². The van der Waals surface area contributed by atoms with Crippen LogP contribution in [0.1, 0.15) is 36.6 Å². The molecule has 1 amide bonds. The van der Waals surface area contributed by atoms with E-state index >= 15 is 0 Å². The summed E-state index contributed by atoms with van der Waals surface area (Å²) < 4.78 is 0. The molecule has 0 atom stereocenters. The van der Waals surface area contributed by atoms with E-state index in [-0.39, 0.29) is 5.91 Å². The Balaban J connectivity index is 1.34. The Morgan fingerprint density at radius 1 is 1.07 bits per heavy atom. The van der Waals surface area contributed by atoms with Crippen molar-refractivity contribution >= 4 is 5.91 Å². The highest BCUT2D eigenvalue weighted by Gasteiger charge is 2.26. The highest BCUT2D eigenvalue weighted by atomic mass is 16.2. The van der Waals surface area contributed by atoms with E-state index in [1.807, 2.05) is 35.4 Å². The smallest absolute Gasteiger partial charge is 0.222 e. The number of amides is 1. The fourth-order valence-corrected chi connectivity index (χ4v) is 3.81. The Morgan fingerprint density at radius 3 is 2.59 bits per heavy atom. The number of carbonyl (C=O) groups excluding carboxylic acids is 1. The quantitative estimate of drug-likeness (QED) is 0.752. The van der Waals surface area contributed by atoms with Gasteiger partial charge in [-0.05, 0) is 37.0 Å². The maximum Gasteiger partial charge on any atom is 0.222 e. The van der Waals surface area contributed by atoms with Crippen molar-refractivity contribution in [2.24, 2.45) is 0 Å². The normalized spacial score (nSPS) is 15.0. The third-order valence-corrected chi connectivity index (χ3v) is 5.33. The van der Waals surface area contributed by atoms with E-state index in [1.165, 1.54) is 16.8 Å². The molecule has 27 heavy (non-hydrogen) atoms. The lowest BCUT2D eigenvalue weighted by atomic mass is 9.89. The zero-order valence-electron chi connectivity index (χ0n) is 15.3. The van der Waals surface area contributed by atoms with Crippen LogP contribution < -0.4 is 0 Å². The minimum atomic E-state index is 0.229. The van der Waals surface area contributed by atoms with E-state index in [9.17, 15) is 4.79 Å². The van der Waals surface area contributed by atoms with Gasteiger partial charge >= 0.3 is 0 Å². The van der Waals surface area contributed by atoms with Gasteiger partial charge in [-0.1, -0.05) is 36.4 Å². The van der Waals surface area contributed by atoms with Crippen molar-refractivity contribution in [2.45, 2.75) is 31.6 Å². The lowest BCUT2D eigenvalue weighted by molar-refractivity contribution is -0.132. The molecule has 1 N–H and O–H groups in total. The Kier molecular flexibility index (Phi) is 5.28. The highest BCUT2D eigenvalue weighted by Crippen LogP contribution is 2.33. The summed E-state index contributed by atoms with van der Waals surface area (Å²) in [6, 6.07) is 16.2. The summed E-state index contributed by atoms with van der Waals surface area (Å²) in [5.74, 6) is 0.648. The molecule has 1 aliphatic rings. The number of H-pyrrole nitrogens is 1. The van der Waals surface area contributed by atoms with Crippen molar-refractivity contribution in [3.63, 3.8) is 0 Å². The predicted octanol–water partition coefficient (Wildman–Crippen LogP) is 3.81. The molecule has 1 fully saturated rings. The van der Waals surface area contributed by atoms with Crippen molar-refractivity contribution in [1.82, 2.24) is 20.1 Å². The number of hydrogen-bond donors (Lipinski definition) is 1.